The van der Waals surface area contributed by atoms with Gasteiger partial charge in [0.2, 0.25) is 11.0 Å². The van der Waals surface area contributed by atoms with E-state index in [1.807, 2.05) is 37.4 Å². The van der Waals surface area contributed by atoms with Crippen LogP contribution in [0.3, 0.4) is 0 Å². The molecule has 0 aliphatic carbocycles. The molecule has 0 bridgehead atoms. The van der Waals surface area contributed by atoms with Crippen LogP contribution in [-0.2, 0) is 11.0 Å². The lowest BCUT2D eigenvalue weighted by Crippen LogP contribution is -2.24. The average molecular weight is 536 g/mol. The van der Waals surface area contributed by atoms with Crippen molar-refractivity contribution in [2.75, 3.05) is 4.90 Å². The molecule has 1 aliphatic heterocycles. The zero-order valence-corrected chi connectivity index (χ0v) is 21.0. The van der Waals surface area contributed by atoms with Crippen LogP contribution in [-0.4, -0.2) is 28.2 Å². The SMILES string of the molecule is Cc1ccc(-c2csc(N=CC3C(=O)N(c4cccc(C(=O)O)c4)c4cc(C(F)(F)F)ccc43)n2)cc1C. The summed E-state index contributed by atoms with van der Waals surface area (Å²) >= 11 is 1.28. The van der Waals surface area contributed by atoms with E-state index in [2.05, 4.69) is 9.98 Å². The number of carbonyl (C=O) groups excluding carboxylic acids is 1. The fourth-order valence-corrected chi connectivity index (χ4v) is 4.93. The summed E-state index contributed by atoms with van der Waals surface area (Å²) < 4.78 is 40.5. The molecule has 6 nitrogen and oxygen atoms in total. The number of carbonyl (C=O) groups is 2. The molecule has 38 heavy (non-hydrogen) atoms. The summed E-state index contributed by atoms with van der Waals surface area (Å²) in [4.78, 5) is 35.0. The first-order valence-corrected chi connectivity index (χ1v) is 12.4. The zero-order valence-electron chi connectivity index (χ0n) is 20.2. The van der Waals surface area contributed by atoms with Crippen LogP contribution in [0.5, 0.6) is 0 Å². The lowest BCUT2D eigenvalue weighted by molar-refractivity contribution is -0.137. The second-order valence-electron chi connectivity index (χ2n) is 8.87. The standard InChI is InChI=1S/C28H20F3N3O3S/c1-15-6-7-17(10-16(15)2)23-14-38-27(33-23)32-13-22-21-9-8-19(28(29,30)31)12-24(21)34(25(22)35)20-5-3-4-18(11-20)26(36)37/h3-14,22H,1-2H3,(H,36,37). The highest BCUT2D eigenvalue weighted by molar-refractivity contribution is 7.13. The highest BCUT2D eigenvalue weighted by Crippen LogP contribution is 2.44. The minimum Gasteiger partial charge on any atom is -0.478 e. The number of halogens is 3. The fourth-order valence-electron chi connectivity index (χ4n) is 4.25. The van der Waals surface area contributed by atoms with Gasteiger partial charge in [-0.25, -0.2) is 14.8 Å². The van der Waals surface area contributed by atoms with Gasteiger partial charge in [0.1, 0.15) is 5.92 Å². The number of fused-ring (bicyclic) bond motifs is 1. The lowest BCUT2D eigenvalue weighted by atomic mass is 10.0. The third-order valence-corrected chi connectivity index (χ3v) is 7.15. The maximum absolute atomic E-state index is 13.5. The first-order valence-electron chi connectivity index (χ1n) is 11.5. The smallest absolute Gasteiger partial charge is 0.416 e. The molecule has 1 aromatic heterocycles. The molecular weight excluding hydrogens is 515 g/mol. The highest BCUT2D eigenvalue weighted by Gasteiger charge is 2.40. The first-order chi connectivity index (χ1) is 18.0. The van der Waals surface area contributed by atoms with E-state index in [0.717, 1.165) is 39.4 Å². The van der Waals surface area contributed by atoms with Crippen LogP contribution in [0.15, 0.2) is 71.0 Å². The van der Waals surface area contributed by atoms with Crippen molar-refractivity contribution in [1.82, 2.24) is 4.98 Å². The summed E-state index contributed by atoms with van der Waals surface area (Å²) in [6, 6.07) is 14.6. The first kappa shape index (κ1) is 25.3. The quantitative estimate of drug-likeness (QED) is 0.272. The van der Waals surface area contributed by atoms with Crippen molar-refractivity contribution < 1.29 is 27.9 Å². The van der Waals surface area contributed by atoms with Crippen molar-refractivity contribution in [3.05, 3.63) is 93.9 Å². The number of anilines is 2. The number of carboxylic acid groups (broad SMARTS) is 1. The molecule has 1 N–H and O–H groups in total. The normalized spacial score (nSPS) is 15.3. The number of hydrogen-bond acceptors (Lipinski definition) is 5. The van der Waals surface area contributed by atoms with E-state index in [9.17, 15) is 27.9 Å². The van der Waals surface area contributed by atoms with Crippen LogP contribution in [0, 0.1) is 13.8 Å². The predicted molar refractivity (Wildman–Crippen MR) is 140 cm³/mol. The average Bonchev–Trinajstić information content (AvgIpc) is 3.45. The Balaban J connectivity index is 1.52. The second kappa shape index (κ2) is 9.53. The Morgan fingerprint density at radius 3 is 2.58 bits per heavy atom. The Morgan fingerprint density at radius 2 is 1.87 bits per heavy atom. The van der Waals surface area contributed by atoms with Crippen molar-refractivity contribution in [3.63, 3.8) is 0 Å². The fraction of sp³-hybridized carbons (Fsp3) is 0.143. The van der Waals surface area contributed by atoms with E-state index in [-0.39, 0.29) is 16.9 Å². The van der Waals surface area contributed by atoms with Crippen molar-refractivity contribution in [2.45, 2.75) is 25.9 Å². The van der Waals surface area contributed by atoms with E-state index in [4.69, 9.17) is 0 Å². The zero-order chi connectivity index (χ0) is 27.2. The molecule has 10 heteroatoms. The van der Waals surface area contributed by atoms with Crippen LogP contribution in [0.2, 0.25) is 0 Å². The highest BCUT2D eigenvalue weighted by atomic mass is 32.1. The maximum Gasteiger partial charge on any atom is 0.416 e. The van der Waals surface area contributed by atoms with Gasteiger partial charge in [0, 0.05) is 22.8 Å². The van der Waals surface area contributed by atoms with Gasteiger partial charge in [-0.1, -0.05) is 24.3 Å². The van der Waals surface area contributed by atoms with Gasteiger partial charge in [0.15, 0.2) is 0 Å². The summed E-state index contributed by atoms with van der Waals surface area (Å²) in [5.74, 6) is -2.74. The minimum absolute atomic E-state index is 0.0266. The van der Waals surface area contributed by atoms with E-state index in [1.165, 1.54) is 47.9 Å². The summed E-state index contributed by atoms with van der Waals surface area (Å²) in [7, 11) is 0. The van der Waals surface area contributed by atoms with Gasteiger partial charge in [-0.15, -0.1) is 11.3 Å². The van der Waals surface area contributed by atoms with Gasteiger partial charge in [-0.05, 0) is 66.9 Å². The van der Waals surface area contributed by atoms with Gasteiger partial charge in [-0.3, -0.25) is 9.69 Å². The van der Waals surface area contributed by atoms with E-state index in [0.29, 0.717) is 10.7 Å². The minimum atomic E-state index is -4.62. The number of carboxylic acids is 1. The number of rotatable bonds is 5. The summed E-state index contributed by atoms with van der Waals surface area (Å²) in [6.45, 7) is 4.03. The van der Waals surface area contributed by atoms with Crippen molar-refractivity contribution in [1.29, 1.82) is 0 Å². The van der Waals surface area contributed by atoms with Crippen LogP contribution >= 0.6 is 11.3 Å². The summed E-state index contributed by atoms with van der Waals surface area (Å²) in [5, 5.41) is 11.6. The Morgan fingerprint density at radius 1 is 1.08 bits per heavy atom. The number of aromatic nitrogens is 1. The summed E-state index contributed by atoms with van der Waals surface area (Å²) in [6.07, 6.45) is -3.25. The second-order valence-corrected chi connectivity index (χ2v) is 9.71. The largest absolute Gasteiger partial charge is 0.478 e. The molecule has 3 aromatic carbocycles. The maximum atomic E-state index is 13.5. The number of amides is 1. The topological polar surface area (TPSA) is 82.9 Å². The molecule has 1 atom stereocenters. The van der Waals surface area contributed by atoms with E-state index in [1.54, 1.807) is 0 Å². The van der Waals surface area contributed by atoms with Crippen LogP contribution < -0.4 is 4.90 Å². The molecule has 0 saturated carbocycles. The van der Waals surface area contributed by atoms with Gasteiger partial charge < -0.3 is 5.11 Å². The van der Waals surface area contributed by atoms with Crippen LogP contribution in [0.1, 0.15) is 38.5 Å². The molecule has 0 spiro atoms. The number of aryl methyl sites for hydroxylation is 2. The molecule has 0 fully saturated rings. The van der Waals surface area contributed by atoms with Crippen molar-refractivity contribution >= 4 is 45.9 Å². The molecule has 0 radical (unpaired) electrons. The Kier molecular flexibility index (Phi) is 6.36. The van der Waals surface area contributed by atoms with E-state index < -0.39 is 29.5 Å². The number of thiazole rings is 1. The third kappa shape index (κ3) is 4.70. The number of aromatic carboxylic acids is 1. The van der Waals surface area contributed by atoms with Crippen molar-refractivity contribution in [3.8, 4) is 11.3 Å². The molecule has 4 aromatic rings. The molecule has 0 saturated heterocycles. The molecule has 2 heterocycles. The van der Waals surface area contributed by atoms with E-state index >= 15 is 0 Å². The molecular formula is C28H20F3N3O3S. The molecule has 1 aliphatic rings. The number of aliphatic imine (C=N–C) groups is 1. The lowest BCUT2D eigenvalue weighted by Gasteiger charge is -2.19. The predicted octanol–water partition coefficient (Wildman–Crippen LogP) is 7.31. The van der Waals surface area contributed by atoms with Gasteiger partial charge in [0.25, 0.3) is 0 Å². The monoisotopic (exact) mass is 535 g/mol. The van der Waals surface area contributed by atoms with Crippen molar-refractivity contribution in [2.24, 2.45) is 4.99 Å². The van der Waals surface area contributed by atoms with Gasteiger partial charge in [-0.2, -0.15) is 13.2 Å². The number of benzene rings is 3. The van der Waals surface area contributed by atoms with Crippen LogP contribution in [0.4, 0.5) is 29.7 Å². The molecule has 1 amide bonds. The van der Waals surface area contributed by atoms with Crippen LogP contribution in [0.25, 0.3) is 11.3 Å². The molecule has 5 rings (SSSR count). The Labute approximate surface area is 219 Å². The molecule has 1 unspecified atom stereocenters. The van der Waals surface area contributed by atoms with Gasteiger partial charge >= 0.3 is 12.1 Å². The third-order valence-electron chi connectivity index (χ3n) is 6.40. The van der Waals surface area contributed by atoms with Gasteiger partial charge in [0.05, 0.1) is 22.5 Å². The molecule has 192 valence electrons. The number of nitrogens with zero attached hydrogens (tertiary/aromatic N) is 3. The Hall–Kier alpha value is -4.31. The Bertz CT molecular complexity index is 1610. The summed E-state index contributed by atoms with van der Waals surface area (Å²) in [5.41, 5.74) is 3.44. The number of hydrogen-bond donors (Lipinski definition) is 1. The number of alkyl halides is 3.